The topological polar surface area (TPSA) is 77.2 Å². The van der Waals surface area contributed by atoms with E-state index in [-0.39, 0.29) is 16.2 Å². The first kappa shape index (κ1) is 9.88. The van der Waals surface area contributed by atoms with Crippen molar-refractivity contribution >= 4 is 15.8 Å². The molecule has 4 nitrogen and oxygen atoms in total. The summed E-state index contributed by atoms with van der Waals surface area (Å²) in [5.74, 6) is -0.315. The Morgan fingerprint density at radius 3 is 2.23 bits per heavy atom. The first-order valence-electron chi connectivity index (χ1n) is 3.55. The number of carbonyl (C=O) groups excluding carboxylic acids is 1. The average molecular weight is 199 g/mol. The van der Waals surface area contributed by atoms with Gasteiger partial charge in [-0.1, -0.05) is 18.2 Å². The molecule has 5 heteroatoms. The van der Waals surface area contributed by atoms with E-state index in [2.05, 4.69) is 0 Å². The Bertz CT molecular complexity index is 436. The van der Waals surface area contributed by atoms with Crippen LogP contribution in [0.2, 0.25) is 0 Å². The Morgan fingerprint density at radius 2 is 1.85 bits per heavy atom. The zero-order valence-electron chi connectivity index (χ0n) is 7.02. The quantitative estimate of drug-likeness (QED) is 0.706. The zero-order chi connectivity index (χ0) is 10.1. The van der Waals surface area contributed by atoms with Gasteiger partial charge in [-0.15, -0.1) is 0 Å². The van der Waals surface area contributed by atoms with Crippen molar-refractivity contribution in [2.45, 2.75) is 11.8 Å². The molecule has 0 aliphatic rings. The molecule has 70 valence electrons. The van der Waals surface area contributed by atoms with Gasteiger partial charge in [0.15, 0.2) is 5.78 Å². The van der Waals surface area contributed by atoms with Gasteiger partial charge in [-0.05, 0) is 13.0 Å². The van der Waals surface area contributed by atoms with E-state index in [1.165, 1.54) is 25.1 Å². The second-order valence-corrected chi connectivity index (χ2v) is 4.13. The Kier molecular flexibility index (Phi) is 2.49. The van der Waals surface area contributed by atoms with Gasteiger partial charge in [0.1, 0.15) is 0 Å². The van der Waals surface area contributed by atoms with Crippen molar-refractivity contribution in [3.63, 3.8) is 0 Å². The van der Waals surface area contributed by atoms with Crippen LogP contribution in [0.25, 0.3) is 0 Å². The van der Waals surface area contributed by atoms with Gasteiger partial charge in [-0.3, -0.25) is 4.79 Å². The minimum atomic E-state index is -3.80. The molecule has 0 saturated carbocycles. The van der Waals surface area contributed by atoms with Crippen molar-refractivity contribution < 1.29 is 13.2 Å². The van der Waals surface area contributed by atoms with Crippen LogP contribution in [0.1, 0.15) is 17.3 Å². The third kappa shape index (κ3) is 2.13. The molecule has 0 radical (unpaired) electrons. The van der Waals surface area contributed by atoms with Crippen molar-refractivity contribution in [2.24, 2.45) is 5.14 Å². The molecule has 1 rings (SSSR count). The van der Waals surface area contributed by atoms with E-state index >= 15 is 0 Å². The van der Waals surface area contributed by atoms with Gasteiger partial charge in [0.2, 0.25) is 10.0 Å². The van der Waals surface area contributed by atoms with Crippen molar-refractivity contribution in [2.75, 3.05) is 0 Å². The van der Waals surface area contributed by atoms with Crippen LogP contribution in [-0.2, 0) is 10.0 Å². The van der Waals surface area contributed by atoms with Crippen molar-refractivity contribution in [1.82, 2.24) is 0 Å². The number of rotatable bonds is 2. The summed E-state index contributed by atoms with van der Waals surface area (Å²) in [6.45, 7) is 1.30. The normalized spacial score (nSPS) is 11.2. The number of sulfonamides is 1. The molecule has 13 heavy (non-hydrogen) atoms. The van der Waals surface area contributed by atoms with E-state index in [4.69, 9.17) is 5.14 Å². The zero-order valence-corrected chi connectivity index (χ0v) is 7.84. The summed E-state index contributed by atoms with van der Waals surface area (Å²) in [6.07, 6.45) is 0. The third-order valence-corrected chi connectivity index (χ3v) is 2.54. The lowest BCUT2D eigenvalue weighted by molar-refractivity contribution is 0.101. The van der Waals surface area contributed by atoms with Gasteiger partial charge < -0.3 is 0 Å². The summed E-state index contributed by atoms with van der Waals surface area (Å²) in [5, 5.41) is 4.92. The standard InChI is InChI=1S/C8H9NO3S/c1-6(10)7-4-2-3-5-8(7)13(9,11)12/h2-5H,1H3,(H2,9,11,12). The molecule has 0 aliphatic heterocycles. The Hall–Kier alpha value is -1.20. The van der Waals surface area contributed by atoms with E-state index in [0.717, 1.165) is 0 Å². The summed E-state index contributed by atoms with van der Waals surface area (Å²) in [7, 11) is -3.80. The number of carbonyl (C=O) groups is 1. The number of primary sulfonamides is 1. The van der Waals surface area contributed by atoms with E-state index in [1.807, 2.05) is 0 Å². The Labute approximate surface area is 76.4 Å². The van der Waals surface area contributed by atoms with Gasteiger partial charge >= 0.3 is 0 Å². The minimum Gasteiger partial charge on any atom is -0.294 e. The van der Waals surface area contributed by atoms with E-state index in [9.17, 15) is 13.2 Å². The smallest absolute Gasteiger partial charge is 0.238 e. The molecular weight excluding hydrogens is 190 g/mol. The van der Waals surface area contributed by atoms with Gasteiger partial charge in [0.05, 0.1) is 4.90 Å². The molecule has 0 heterocycles. The van der Waals surface area contributed by atoms with Gasteiger partial charge in [0.25, 0.3) is 0 Å². The van der Waals surface area contributed by atoms with Gasteiger partial charge in [0, 0.05) is 5.56 Å². The summed E-state index contributed by atoms with van der Waals surface area (Å²) in [6, 6.07) is 5.85. The number of nitrogens with two attached hydrogens (primary N) is 1. The number of ketones is 1. The summed E-state index contributed by atoms with van der Waals surface area (Å²) >= 11 is 0. The second-order valence-electron chi connectivity index (χ2n) is 2.60. The maximum absolute atomic E-state index is 11.0. The lowest BCUT2D eigenvalue weighted by atomic mass is 10.1. The fourth-order valence-electron chi connectivity index (χ4n) is 1.01. The third-order valence-electron chi connectivity index (χ3n) is 1.57. The van der Waals surface area contributed by atoms with E-state index in [0.29, 0.717) is 0 Å². The SMILES string of the molecule is CC(=O)c1ccccc1S(N)(=O)=O. The maximum Gasteiger partial charge on any atom is 0.238 e. The monoisotopic (exact) mass is 199 g/mol. The molecule has 1 aromatic carbocycles. The molecule has 0 saturated heterocycles. The maximum atomic E-state index is 11.0. The molecule has 0 amide bonds. The van der Waals surface area contributed by atoms with E-state index in [1.54, 1.807) is 6.07 Å². The lowest BCUT2D eigenvalue weighted by Gasteiger charge is -2.02. The molecule has 0 aliphatic carbocycles. The first-order valence-corrected chi connectivity index (χ1v) is 5.10. The number of Topliss-reactive ketones (excluding diaryl/α,β-unsaturated/α-hetero) is 1. The molecule has 0 aromatic heterocycles. The van der Waals surface area contributed by atoms with Crippen LogP contribution in [0.3, 0.4) is 0 Å². The fraction of sp³-hybridized carbons (Fsp3) is 0.125. The van der Waals surface area contributed by atoms with Crippen LogP contribution in [0.4, 0.5) is 0 Å². The van der Waals surface area contributed by atoms with Crippen molar-refractivity contribution in [3.8, 4) is 0 Å². The van der Waals surface area contributed by atoms with Crippen LogP contribution in [0, 0.1) is 0 Å². The molecular formula is C8H9NO3S. The molecule has 1 aromatic rings. The molecule has 2 N–H and O–H groups in total. The minimum absolute atomic E-state index is 0.123. The van der Waals surface area contributed by atoms with Crippen LogP contribution in [0.5, 0.6) is 0 Å². The highest BCUT2D eigenvalue weighted by atomic mass is 32.2. The van der Waals surface area contributed by atoms with Gasteiger partial charge in [-0.2, -0.15) is 0 Å². The Morgan fingerprint density at radius 1 is 1.31 bits per heavy atom. The molecule has 0 unspecified atom stereocenters. The van der Waals surface area contributed by atoms with E-state index < -0.39 is 10.0 Å². The highest BCUT2D eigenvalue weighted by Gasteiger charge is 2.15. The van der Waals surface area contributed by atoms with Crippen LogP contribution >= 0.6 is 0 Å². The average Bonchev–Trinajstić information content (AvgIpc) is 2.03. The van der Waals surface area contributed by atoms with Crippen LogP contribution in [-0.4, -0.2) is 14.2 Å². The highest BCUT2D eigenvalue weighted by Crippen LogP contribution is 2.13. The molecule has 0 bridgehead atoms. The molecule has 0 fully saturated rings. The molecule has 0 spiro atoms. The van der Waals surface area contributed by atoms with Crippen LogP contribution < -0.4 is 5.14 Å². The Balaban J connectivity index is 3.46. The van der Waals surface area contributed by atoms with Crippen molar-refractivity contribution in [3.05, 3.63) is 29.8 Å². The first-order chi connectivity index (χ1) is 5.93. The fourth-order valence-corrected chi connectivity index (χ4v) is 1.79. The summed E-state index contributed by atoms with van der Waals surface area (Å²) < 4.78 is 22.0. The van der Waals surface area contributed by atoms with Crippen LogP contribution in [0.15, 0.2) is 29.2 Å². The van der Waals surface area contributed by atoms with Crippen molar-refractivity contribution in [1.29, 1.82) is 0 Å². The van der Waals surface area contributed by atoms with Gasteiger partial charge in [-0.25, -0.2) is 13.6 Å². The number of benzene rings is 1. The predicted molar refractivity (Wildman–Crippen MR) is 47.8 cm³/mol. The summed E-state index contributed by atoms with van der Waals surface area (Å²) in [4.78, 5) is 10.9. The second kappa shape index (κ2) is 3.27. The number of hydrogen-bond acceptors (Lipinski definition) is 3. The largest absolute Gasteiger partial charge is 0.294 e. The predicted octanol–water partition coefficient (Wildman–Crippen LogP) is 0.537. The number of hydrogen-bond donors (Lipinski definition) is 1. The molecule has 0 atom stereocenters. The highest BCUT2D eigenvalue weighted by molar-refractivity contribution is 7.89. The summed E-state index contributed by atoms with van der Waals surface area (Å²) in [5.41, 5.74) is 0.130. The lowest BCUT2D eigenvalue weighted by Crippen LogP contribution is -2.15.